The molecule has 7 heteroatoms. The van der Waals surface area contributed by atoms with Crippen LogP contribution in [0.2, 0.25) is 5.02 Å². The second-order valence-corrected chi connectivity index (χ2v) is 8.19. The maximum absolute atomic E-state index is 12.4. The van der Waals surface area contributed by atoms with E-state index in [0.717, 1.165) is 35.8 Å². The number of hydrogen-bond acceptors (Lipinski definition) is 3. The molecule has 3 amide bonds. The molecule has 0 saturated carbocycles. The second kappa shape index (κ2) is 8.81. The van der Waals surface area contributed by atoms with Crippen LogP contribution in [-0.4, -0.2) is 48.3 Å². The number of nitrogens with zero attached hydrogens (tertiary/aromatic N) is 1. The molecule has 2 aliphatic rings. The van der Waals surface area contributed by atoms with Crippen LogP contribution in [-0.2, 0) is 10.5 Å². The highest BCUT2D eigenvalue weighted by Crippen LogP contribution is 2.22. The van der Waals surface area contributed by atoms with Crippen LogP contribution in [0.25, 0.3) is 0 Å². The Morgan fingerprint density at radius 1 is 1.36 bits per heavy atom. The van der Waals surface area contributed by atoms with E-state index in [2.05, 4.69) is 16.7 Å². The van der Waals surface area contributed by atoms with Crippen LogP contribution < -0.4 is 10.6 Å². The predicted molar refractivity (Wildman–Crippen MR) is 102 cm³/mol. The number of carbonyl (C=O) groups is 2. The van der Waals surface area contributed by atoms with Crippen LogP contribution >= 0.6 is 23.4 Å². The molecule has 0 radical (unpaired) electrons. The Labute approximate surface area is 157 Å². The highest BCUT2D eigenvalue weighted by atomic mass is 35.5. The Bertz CT molecular complexity index is 628. The minimum absolute atomic E-state index is 0.0586. The largest absolute Gasteiger partial charge is 0.351 e. The Morgan fingerprint density at radius 2 is 2.24 bits per heavy atom. The lowest BCUT2D eigenvalue weighted by molar-refractivity contribution is -0.124. The molecule has 2 bridgehead atoms. The average Bonchev–Trinajstić information content (AvgIpc) is 2.83. The molecule has 0 aromatic heterocycles. The van der Waals surface area contributed by atoms with E-state index in [0.29, 0.717) is 19.6 Å². The Kier molecular flexibility index (Phi) is 6.48. The van der Waals surface area contributed by atoms with Gasteiger partial charge in [-0.05, 0) is 30.5 Å². The Balaban J connectivity index is 1.40. The normalized spacial score (nSPS) is 22.9. The van der Waals surface area contributed by atoms with Gasteiger partial charge in [-0.3, -0.25) is 4.79 Å². The smallest absolute Gasteiger partial charge is 0.317 e. The van der Waals surface area contributed by atoms with Crippen LogP contribution in [0, 0.1) is 5.92 Å². The van der Waals surface area contributed by atoms with Crippen molar-refractivity contribution in [2.75, 3.05) is 25.4 Å². The van der Waals surface area contributed by atoms with Crippen molar-refractivity contribution in [1.82, 2.24) is 15.5 Å². The quantitative estimate of drug-likeness (QED) is 0.771. The molecule has 2 atom stereocenters. The van der Waals surface area contributed by atoms with Crippen LogP contribution in [0.5, 0.6) is 0 Å². The summed E-state index contributed by atoms with van der Waals surface area (Å²) in [5.74, 6) is 1.77. The van der Waals surface area contributed by atoms with Crippen molar-refractivity contribution >= 4 is 35.3 Å². The summed E-state index contributed by atoms with van der Waals surface area (Å²) in [6.07, 6.45) is 2.90. The van der Waals surface area contributed by atoms with Crippen molar-refractivity contribution in [3.63, 3.8) is 0 Å². The summed E-state index contributed by atoms with van der Waals surface area (Å²) in [5.41, 5.74) is 1.19. The molecule has 136 valence electrons. The fourth-order valence-corrected chi connectivity index (χ4v) is 4.39. The standard InChI is InChI=1S/C18H24ClN3O2S/c19-15-5-1-3-13(9-15)12-25-8-7-20-18(24)22-10-14-4-2-6-16(11-22)21-17(14)23/h1,3,5,9,14,16H,2,4,6-8,10-12H2,(H,20,24)(H,21,23)/t14-,16+/m1/s1. The summed E-state index contributed by atoms with van der Waals surface area (Å²) in [7, 11) is 0. The minimum Gasteiger partial charge on any atom is -0.351 e. The van der Waals surface area contributed by atoms with Crippen molar-refractivity contribution < 1.29 is 9.59 Å². The van der Waals surface area contributed by atoms with E-state index in [1.54, 1.807) is 16.7 Å². The third-order valence-electron chi connectivity index (χ3n) is 4.67. The molecule has 2 heterocycles. The van der Waals surface area contributed by atoms with E-state index in [1.165, 1.54) is 5.56 Å². The zero-order valence-electron chi connectivity index (χ0n) is 14.2. The number of fused-ring (bicyclic) bond motifs is 3. The first-order chi connectivity index (χ1) is 12.1. The highest BCUT2D eigenvalue weighted by molar-refractivity contribution is 7.98. The number of likely N-dealkylation sites (tertiary alicyclic amines) is 1. The summed E-state index contributed by atoms with van der Waals surface area (Å²) in [5, 5.41) is 6.78. The minimum atomic E-state index is -0.0598. The second-order valence-electron chi connectivity index (χ2n) is 6.65. The third kappa shape index (κ3) is 5.28. The van der Waals surface area contributed by atoms with Gasteiger partial charge in [-0.1, -0.05) is 30.2 Å². The average molecular weight is 382 g/mol. The lowest BCUT2D eigenvalue weighted by atomic mass is 9.99. The zero-order chi connectivity index (χ0) is 17.6. The Morgan fingerprint density at radius 3 is 3.08 bits per heavy atom. The van der Waals surface area contributed by atoms with E-state index in [1.807, 2.05) is 18.2 Å². The van der Waals surface area contributed by atoms with Gasteiger partial charge >= 0.3 is 6.03 Å². The van der Waals surface area contributed by atoms with Crippen molar-refractivity contribution in [3.8, 4) is 0 Å². The summed E-state index contributed by atoms with van der Waals surface area (Å²) in [6.45, 7) is 1.77. The molecule has 2 aliphatic heterocycles. The van der Waals surface area contributed by atoms with Crippen LogP contribution in [0.1, 0.15) is 24.8 Å². The number of nitrogens with one attached hydrogen (secondary N) is 2. The van der Waals surface area contributed by atoms with E-state index in [4.69, 9.17) is 11.6 Å². The SMILES string of the molecule is O=C1N[C@H]2CCC[C@@H]1CN(C(=O)NCCSCc1cccc(Cl)c1)C2. The van der Waals surface area contributed by atoms with Crippen LogP contribution in [0.4, 0.5) is 4.79 Å². The van der Waals surface area contributed by atoms with Gasteiger partial charge in [-0.15, -0.1) is 0 Å². The van der Waals surface area contributed by atoms with Gasteiger partial charge in [-0.25, -0.2) is 4.79 Å². The van der Waals surface area contributed by atoms with Crippen LogP contribution in [0.15, 0.2) is 24.3 Å². The third-order valence-corrected chi connectivity index (χ3v) is 5.94. The number of amides is 3. The summed E-state index contributed by atoms with van der Waals surface area (Å²) in [4.78, 5) is 26.3. The molecular formula is C18H24ClN3O2S. The first-order valence-electron chi connectivity index (χ1n) is 8.77. The summed E-state index contributed by atoms with van der Waals surface area (Å²) < 4.78 is 0. The summed E-state index contributed by atoms with van der Waals surface area (Å²) >= 11 is 7.74. The van der Waals surface area contributed by atoms with Gasteiger partial charge in [0.15, 0.2) is 0 Å². The molecule has 2 N–H and O–H groups in total. The molecule has 5 nitrogen and oxygen atoms in total. The van der Waals surface area contributed by atoms with Crippen LogP contribution in [0.3, 0.4) is 0 Å². The molecule has 2 fully saturated rings. The molecular weight excluding hydrogens is 358 g/mol. The number of hydrogen-bond donors (Lipinski definition) is 2. The van der Waals surface area contributed by atoms with E-state index >= 15 is 0 Å². The molecule has 25 heavy (non-hydrogen) atoms. The number of benzene rings is 1. The lowest BCUT2D eigenvalue weighted by Crippen LogP contribution is -2.46. The molecule has 3 rings (SSSR count). The van der Waals surface area contributed by atoms with Gasteiger partial charge in [0.25, 0.3) is 0 Å². The zero-order valence-corrected chi connectivity index (χ0v) is 15.7. The van der Waals surface area contributed by atoms with Gasteiger partial charge in [0.1, 0.15) is 0 Å². The fraction of sp³-hybridized carbons (Fsp3) is 0.556. The van der Waals surface area contributed by atoms with Gasteiger partial charge in [0.2, 0.25) is 5.91 Å². The number of urea groups is 1. The first-order valence-corrected chi connectivity index (χ1v) is 10.3. The number of carbonyl (C=O) groups excluding carboxylic acids is 2. The van der Waals surface area contributed by atoms with Gasteiger partial charge in [-0.2, -0.15) is 11.8 Å². The van der Waals surface area contributed by atoms with E-state index < -0.39 is 0 Å². The monoisotopic (exact) mass is 381 g/mol. The maximum atomic E-state index is 12.4. The summed E-state index contributed by atoms with van der Waals surface area (Å²) in [6, 6.07) is 7.88. The predicted octanol–water partition coefficient (Wildman–Crippen LogP) is 2.88. The molecule has 0 aliphatic carbocycles. The topological polar surface area (TPSA) is 61.4 Å². The Hall–Kier alpha value is -1.40. The van der Waals surface area contributed by atoms with Crippen molar-refractivity contribution in [3.05, 3.63) is 34.9 Å². The maximum Gasteiger partial charge on any atom is 0.317 e. The number of rotatable bonds is 5. The molecule has 1 aromatic rings. The molecule has 2 saturated heterocycles. The molecule has 1 aromatic carbocycles. The van der Waals surface area contributed by atoms with Crippen molar-refractivity contribution in [2.45, 2.75) is 31.1 Å². The van der Waals surface area contributed by atoms with E-state index in [9.17, 15) is 9.59 Å². The van der Waals surface area contributed by atoms with E-state index in [-0.39, 0.29) is 23.9 Å². The number of thioether (sulfide) groups is 1. The molecule has 0 unspecified atom stereocenters. The molecule has 0 spiro atoms. The highest BCUT2D eigenvalue weighted by Gasteiger charge is 2.34. The van der Waals surface area contributed by atoms with Gasteiger partial charge < -0.3 is 15.5 Å². The number of halogens is 1. The van der Waals surface area contributed by atoms with Crippen molar-refractivity contribution in [1.29, 1.82) is 0 Å². The van der Waals surface area contributed by atoms with Crippen molar-refractivity contribution in [2.24, 2.45) is 5.92 Å². The fourth-order valence-electron chi connectivity index (χ4n) is 3.38. The van der Waals surface area contributed by atoms with Gasteiger partial charge in [0.05, 0.1) is 5.92 Å². The lowest BCUT2D eigenvalue weighted by Gasteiger charge is -2.27. The van der Waals surface area contributed by atoms with Gasteiger partial charge in [0, 0.05) is 42.2 Å². The first kappa shape index (κ1) is 18.4.